The third kappa shape index (κ3) is 1.51. The van der Waals surface area contributed by atoms with Crippen LogP contribution in [0.4, 0.5) is 0 Å². The minimum absolute atomic E-state index is 0.369. The van der Waals surface area contributed by atoms with E-state index >= 15 is 0 Å². The van der Waals surface area contributed by atoms with Gasteiger partial charge in [0.25, 0.3) is 0 Å². The molecular weight excluding hydrogens is 176 g/mol. The molecule has 0 saturated carbocycles. The van der Waals surface area contributed by atoms with E-state index in [1.165, 1.54) is 0 Å². The van der Waals surface area contributed by atoms with E-state index < -0.39 is 0 Å². The number of hydrogen-bond acceptors (Lipinski definition) is 3. The van der Waals surface area contributed by atoms with Crippen molar-refractivity contribution >= 4 is 0 Å². The maximum Gasteiger partial charge on any atom is 0.235 e. The molecule has 2 aromatic rings. The molecule has 0 radical (unpaired) electrons. The van der Waals surface area contributed by atoms with Crippen LogP contribution in [0.3, 0.4) is 0 Å². The van der Waals surface area contributed by atoms with Crippen molar-refractivity contribution in [1.29, 1.82) is 0 Å². The van der Waals surface area contributed by atoms with Crippen molar-refractivity contribution in [3.8, 4) is 5.95 Å². The highest BCUT2D eigenvalue weighted by Gasteiger charge is 2.09. The lowest BCUT2D eigenvalue weighted by Crippen LogP contribution is -2.05. The second-order valence-corrected chi connectivity index (χ2v) is 3.36. The number of imidazole rings is 1. The van der Waals surface area contributed by atoms with Crippen molar-refractivity contribution < 1.29 is 0 Å². The molecule has 14 heavy (non-hydrogen) atoms. The Bertz CT molecular complexity index is 405. The smallest absolute Gasteiger partial charge is 0.235 e. The first-order chi connectivity index (χ1) is 6.79. The summed E-state index contributed by atoms with van der Waals surface area (Å²) in [5, 5.41) is 0. The van der Waals surface area contributed by atoms with Gasteiger partial charge in [0.05, 0.1) is 0 Å². The Hall–Kier alpha value is -1.71. The Labute approximate surface area is 82.7 Å². The lowest BCUT2D eigenvalue weighted by Gasteiger charge is -2.07. The summed E-state index contributed by atoms with van der Waals surface area (Å²) in [5.74, 6) is 2.03. The fraction of sp³-hybridized carbons (Fsp3) is 0.300. The molecule has 72 valence electrons. The summed E-state index contributed by atoms with van der Waals surface area (Å²) >= 11 is 0. The maximum atomic E-state index is 4.28. The molecule has 0 amide bonds. The summed E-state index contributed by atoms with van der Waals surface area (Å²) < 4.78 is 1.91. The van der Waals surface area contributed by atoms with Gasteiger partial charge in [0.2, 0.25) is 5.95 Å². The zero-order valence-corrected chi connectivity index (χ0v) is 8.25. The highest BCUT2D eigenvalue weighted by atomic mass is 15.2. The lowest BCUT2D eigenvalue weighted by atomic mass is 10.2. The van der Waals surface area contributed by atoms with Crippen LogP contribution in [0.2, 0.25) is 0 Å². The van der Waals surface area contributed by atoms with E-state index in [1.807, 2.05) is 10.8 Å². The zero-order valence-electron chi connectivity index (χ0n) is 8.25. The fourth-order valence-corrected chi connectivity index (χ4v) is 1.33. The first kappa shape index (κ1) is 8.87. The minimum atomic E-state index is 0.369. The molecule has 0 unspecified atom stereocenters. The van der Waals surface area contributed by atoms with Crippen molar-refractivity contribution in [2.75, 3.05) is 0 Å². The van der Waals surface area contributed by atoms with Crippen molar-refractivity contribution in [2.24, 2.45) is 0 Å². The summed E-state index contributed by atoms with van der Waals surface area (Å²) in [7, 11) is 0. The lowest BCUT2D eigenvalue weighted by molar-refractivity contribution is 0.732. The molecule has 0 saturated heterocycles. The van der Waals surface area contributed by atoms with E-state index in [9.17, 15) is 0 Å². The molecule has 0 aliphatic heterocycles. The van der Waals surface area contributed by atoms with Crippen LogP contribution in [0.5, 0.6) is 0 Å². The number of rotatable bonds is 2. The van der Waals surface area contributed by atoms with E-state index in [2.05, 4.69) is 28.8 Å². The quantitative estimate of drug-likeness (QED) is 0.721. The Morgan fingerprint density at radius 1 is 1.07 bits per heavy atom. The van der Waals surface area contributed by atoms with Gasteiger partial charge in [-0.2, -0.15) is 0 Å². The fourth-order valence-electron chi connectivity index (χ4n) is 1.33. The normalized spacial score (nSPS) is 10.8. The SMILES string of the molecule is CC(C)c1nccn1-c1ncccn1. The summed E-state index contributed by atoms with van der Waals surface area (Å²) in [6.45, 7) is 4.20. The second kappa shape index (κ2) is 3.57. The largest absolute Gasteiger partial charge is 0.272 e. The second-order valence-electron chi connectivity index (χ2n) is 3.36. The van der Waals surface area contributed by atoms with Crippen LogP contribution < -0.4 is 0 Å². The maximum absolute atomic E-state index is 4.28. The monoisotopic (exact) mass is 188 g/mol. The average molecular weight is 188 g/mol. The molecule has 2 rings (SSSR count). The van der Waals surface area contributed by atoms with E-state index in [1.54, 1.807) is 24.7 Å². The van der Waals surface area contributed by atoms with E-state index in [0.29, 0.717) is 11.9 Å². The molecule has 0 spiro atoms. The molecule has 2 heterocycles. The highest BCUT2D eigenvalue weighted by molar-refractivity contribution is 5.16. The van der Waals surface area contributed by atoms with Gasteiger partial charge in [-0.3, -0.25) is 4.57 Å². The van der Waals surface area contributed by atoms with Crippen LogP contribution in [0.15, 0.2) is 30.9 Å². The van der Waals surface area contributed by atoms with Gasteiger partial charge in [0.15, 0.2) is 0 Å². The van der Waals surface area contributed by atoms with Crippen LogP contribution in [-0.4, -0.2) is 19.5 Å². The van der Waals surface area contributed by atoms with Crippen LogP contribution in [0.25, 0.3) is 5.95 Å². The molecule has 4 nitrogen and oxygen atoms in total. The molecule has 0 N–H and O–H groups in total. The molecule has 4 heteroatoms. The van der Waals surface area contributed by atoms with E-state index in [4.69, 9.17) is 0 Å². The first-order valence-electron chi connectivity index (χ1n) is 4.59. The van der Waals surface area contributed by atoms with Gasteiger partial charge >= 0.3 is 0 Å². The number of nitrogens with zero attached hydrogens (tertiary/aromatic N) is 4. The molecule has 0 atom stereocenters. The Morgan fingerprint density at radius 3 is 2.43 bits per heavy atom. The van der Waals surface area contributed by atoms with E-state index in [-0.39, 0.29) is 0 Å². The van der Waals surface area contributed by atoms with Crippen molar-refractivity contribution in [2.45, 2.75) is 19.8 Å². The Morgan fingerprint density at radius 2 is 1.79 bits per heavy atom. The third-order valence-corrected chi connectivity index (χ3v) is 1.95. The molecule has 0 aromatic carbocycles. The van der Waals surface area contributed by atoms with Crippen LogP contribution >= 0.6 is 0 Å². The average Bonchev–Trinajstić information content (AvgIpc) is 2.67. The highest BCUT2D eigenvalue weighted by Crippen LogP contribution is 2.14. The van der Waals surface area contributed by atoms with Crippen LogP contribution in [0, 0.1) is 0 Å². The summed E-state index contributed by atoms with van der Waals surface area (Å²) in [4.78, 5) is 12.6. The van der Waals surface area contributed by atoms with Gasteiger partial charge in [-0.15, -0.1) is 0 Å². The molecule has 0 bridgehead atoms. The van der Waals surface area contributed by atoms with Gasteiger partial charge in [0.1, 0.15) is 5.82 Å². The predicted molar refractivity (Wildman–Crippen MR) is 53.2 cm³/mol. The molecular formula is C10H12N4. The van der Waals surface area contributed by atoms with Crippen molar-refractivity contribution in [1.82, 2.24) is 19.5 Å². The molecule has 0 aliphatic carbocycles. The molecule has 0 fully saturated rings. The van der Waals surface area contributed by atoms with Crippen LogP contribution in [0.1, 0.15) is 25.6 Å². The number of hydrogen-bond donors (Lipinski definition) is 0. The van der Waals surface area contributed by atoms with Gasteiger partial charge in [-0.25, -0.2) is 15.0 Å². The van der Waals surface area contributed by atoms with Gasteiger partial charge in [-0.05, 0) is 6.07 Å². The zero-order chi connectivity index (χ0) is 9.97. The Kier molecular flexibility index (Phi) is 2.26. The van der Waals surface area contributed by atoms with Crippen molar-refractivity contribution in [3.63, 3.8) is 0 Å². The molecule has 2 aromatic heterocycles. The third-order valence-electron chi connectivity index (χ3n) is 1.95. The van der Waals surface area contributed by atoms with Gasteiger partial charge in [-0.1, -0.05) is 13.8 Å². The number of aromatic nitrogens is 4. The topological polar surface area (TPSA) is 43.6 Å². The van der Waals surface area contributed by atoms with Gasteiger partial charge in [0, 0.05) is 30.7 Å². The molecule has 0 aliphatic rings. The summed E-state index contributed by atoms with van der Waals surface area (Å²) in [6, 6.07) is 1.80. The standard InChI is InChI=1S/C10H12N4/c1-8(2)9-11-6-7-14(9)10-12-4-3-5-13-10/h3-8H,1-2H3. The summed E-state index contributed by atoms with van der Waals surface area (Å²) in [5.41, 5.74) is 0. The van der Waals surface area contributed by atoms with Gasteiger partial charge < -0.3 is 0 Å². The Balaban J connectivity index is 2.47. The first-order valence-corrected chi connectivity index (χ1v) is 4.59. The summed E-state index contributed by atoms with van der Waals surface area (Å²) in [6.07, 6.45) is 7.11. The van der Waals surface area contributed by atoms with E-state index in [0.717, 1.165) is 5.82 Å². The predicted octanol–water partition coefficient (Wildman–Crippen LogP) is 1.79. The minimum Gasteiger partial charge on any atom is -0.272 e. The van der Waals surface area contributed by atoms with Crippen molar-refractivity contribution in [3.05, 3.63) is 36.7 Å². The van der Waals surface area contributed by atoms with Crippen LogP contribution in [-0.2, 0) is 0 Å².